The predicted octanol–water partition coefficient (Wildman–Crippen LogP) is 4.00. The van der Waals surface area contributed by atoms with Crippen molar-refractivity contribution in [3.63, 3.8) is 0 Å². The van der Waals surface area contributed by atoms with Crippen molar-refractivity contribution in [3.05, 3.63) is 35.1 Å². The van der Waals surface area contributed by atoms with E-state index >= 15 is 0 Å². The number of aromatic nitrogens is 3. The highest BCUT2D eigenvalue weighted by atomic mass is 35.5. The van der Waals surface area contributed by atoms with Gasteiger partial charge in [0.15, 0.2) is 5.82 Å². The smallest absolute Gasteiger partial charge is 0.416 e. The number of nitrogens with zero attached hydrogens (tertiary/aromatic N) is 3. The topological polar surface area (TPSA) is 47.9 Å². The van der Waals surface area contributed by atoms with Gasteiger partial charge >= 0.3 is 12.2 Å². The molecule has 1 aromatic heterocycles. The Balaban J connectivity index is 2.35. The van der Waals surface area contributed by atoms with Gasteiger partial charge in [-0.2, -0.15) is 28.1 Å². The van der Waals surface area contributed by atoms with E-state index in [1.807, 2.05) is 0 Å². The van der Waals surface area contributed by atoms with E-state index in [-0.39, 0.29) is 23.2 Å². The molecule has 0 aliphatic heterocycles. The van der Waals surface area contributed by atoms with Crippen LogP contribution in [-0.4, -0.2) is 21.1 Å². The van der Waals surface area contributed by atoms with Crippen molar-refractivity contribution >= 4 is 11.6 Å². The van der Waals surface area contributed by atoms with Crippen LogP contribution in [0.5, 0.6) is 6.01 Å². The van der Waals surface area contributed by atoms with E-state index in [2.05, 4.69) is 15.0 Å². The summed E-state index contributed by atoms with van der Waals surface area (Å²) in [4.78, 5) is 11.7. The molecule has 0 amide bonds. The number of hydrogen-bond acceptors (Lipinski definition) is 4. The third kappa shape index (κ3) is 4.04. The normalized spacial score (nSPS) is 11.8. The van der Waals surface area contributed by atoms with E-state index < -0.39 is 11.7 Å². The molecule has 112 valence electrons. The average molecular weight is 318 g/mol. The largest absolute Gasteiger partial charge is 0.461 e. The molecule has 0 atom stereocenters. The monoisotopic (exact) mass is 317 g/mol. The third-order valence-electron chi connectivity index (χ3n) is 2.40. The minimum Gasteiger partial charge on any atom is -0.461 e. The first-order valence-electron chi connectivity index (χ1n) is 6.01. The Kier molecular flexibility index (Phi) is 4.32. The predicted molar refractivity (Wildman–Crippen MR) is 71.0 cm³/mol. The minimum atomic E-state index is -4.39. The Morgan fingerprint density at radius 1 is 1.05 bits per heavy atom. The summed E-state index contributed by atoms with van der Waals surface area (Å²) in [6, 6.07) is 4.48. The van der Waals surface area contributed by atoms with Crippen molar-refractivity contribution in [1.29, 1.82) is 0 Å². The molecule has 0 aliphatic rings. The zero-order chi connectivity index (χ0) is 15.6. The average Bonchev–Trinajstić information content (AvgIpc) is 2.36. The van der Waals surface area contributed by atoms with Crippen molar-refractivity contribution in [3.8, 4) is 17.4 Å². The zero-order valence-corrected chi connectivity index (χ0v) is 11.9. The fourth-order valence-electron chi connectivity index (χ4n) is 1.53. The highest BCUT2D eigenvalue weighted by Gasteiger charge is 2.30. The molecule has 2 aromatic rings. The first kappa shape index (κ1) is 15.5. The Bertz CT molecular complexity index is 630. The number of benzene rings is 1. The summed E-state index contributed by atoms with van der Waals surface area (Å²) in [5.74, 6) is 0.152. The lowest BCUT2D eigenvalue weighted by Crippen LogP contribution is -2.09. The van der Waals surface area contributed by atoms with Crippen molar-refractivity contribution in [2.45, 2.75) is 26.1 Å². The maximum absolute atomic E-state index is 12.5. The Labute approximate surface area is 124 Å². The second kappa shape index (κ2) is 5.85. The first-order chi connectivity index (χ1) is 9.75. The summed E-state index contributed by atoms with van der Waals surface area (Å²) in [6.07, 6.45) is -4.55. The maximum atomic E-state index is 12.5. The molecular formula is C13H11ClF3N3O. The third-order valence-corrected chi connectivity index (χ3v) is 2.57. The lowest BCUT2D eigenvalue weighted by molar-refractivity contribution is -0.137. The van der Waals surface area contributed by atoms with Crippen LogP contribution in [0.4, 0.5) is 13.2 Å². The van der Waals surface area contributed by atoms with Gasteiger partial charge in [-0.3, -0.25) is 0 Å². The van der Waals surface area contributed by atoms with E-state index in [1.165, 1.54) is 12.1 Å². The standard InChI is InChI=1S/C13H11ClF3N3O/c1-7(2)21-12-19-10(18-11(14)20-12)8-3-5-9(6-4-8)13(15,16)17/h3-7H,1-2H3. The number of alkyl halides is 3. The molecule has 0 spiro atoms. The van der Waals surface area contributed by atoms with E-state index in [4.69, 9.17) is 16.3 Å². The second-order valence-corrected chi connectivity index (χ2v) is 4.79. The van der Waals surface area contributed by atoms with Gasteiger partial charge < -0.3 is 4.74 Å². The van der Waals surface area contributed by atoms with Crippen molar-refractivity contribution in [2.75, 3.05) is 0 Å². The minimum absolute atomic E-state index is 0.0277. The van der Waals surface area contributed by atoms with Gasteiger partial charge in [0, 0.05) is 5.56 Å². The fraction of sp³-hybridized carbons (Fsp3) is 0.308. The van der Waals surface area contributed by atoms with Crippen molar-refractivity contribution in [1.82, 2.24) is 15.0 Å². The molecule has 0 unspecified atom stereocenters. The van der Waals surface area contributed by atoms with Crippen LogP contribution in [0, 0.1) is 0 Å². The van der Waals surface area contributed by atoms with Crippen LogP contribution >= 0.6 is 11.6 Å². The number of halogens is 4. The van der Waals surface area contributed by atoms with Crippen LogP contribution in [-0.2, 0) is 6.18 Å². The summed E-state index contributed by atoms with van der Waals surface area (Å²) in [5.41, 5.74) is -0.356. The molecule has 0 saturated heterocycles. The fourth-order valence-corrected chi connectivity index (χ4v) is 1.69. The molecule has 1 heterocycles. The molecular weight excluding hydrogens is 307 g/mol. The molecule has 21 heavy (non-hydrogen) atoms. The summed E-state index contributed by atoms with van der Waals surface area (Å²) in [5, 5.41) is -0.0875. The Morgan fingerprint density at radius 2 is 1.67 bits per heavy atom. The van der Waals surface area contributed by atoms with E-state index in [0.717, 1.165) is 12.1 Å². The summed E-state index contributed by atoms with van der Waals surface area (Å²) in [7, 11) is 0. The van der Waals surface area contributed by atoms with Gasteiger partial charge in [-0.15, -0.1) is 0 Å². The number of hydrogen-bond donors (Lipinski definition) is 0. The van der Waals surface area contributed by atoms with E-state index in [9.17, 15) is 13.2 Å². The molecule has 0 N–H and O–H groups in total. The van der Waals surface area contributed by atoms with Gasteiger partial charge in [0.05, 0.1) is 11.7 Å². The van der Waals surface area contributed by atoms with Crippen LogP contribution < -0.4 is 4.74 Å². The van der Waals surface area contributed by atoms with Gasteiger partial charge in [-0.25, -0.2) is 0 Å². The molecule has 0 radical (unpaired) electrons. The molecule has 0 fully saturated rings. The lowest BCUT2D eigenvalue weighted by atomic mass is 10.1. The number of rotatable bonds is 3. The van der Waals surface area contributed by atoms with Crippen LogP contribution in [0.25, 0.3) is 11.4 Å². The molecule has 0 aliphatic carbocycles. The summed E-state index contributed by atoms with van der Waals surface area (Å²) < 4.78 is 42.8. The quantitative estimate of drug-likeness (QED) is 0.858. The van der Waals surface area contributed by atoms with Crippen LogP contribution in [0.2, 0.25) is 5.28 Å². The molecule has 8 heteroatoms. The molecule has 4 nitrogen and oxygen atoms in total. The zero-order valence-electron chi connectivity index (χ0n) is 11.1. The van der Waals surface area contributed by atoms with Gasteiger partial charge in [0.25, 0.3) is 0 Å². The van der Waals surface area contributed by atoms with Crippen molar-refractivity contribution < 1.29 is 17.9 Å². The molecule has 1 aromatic carbocycles. The van der Waals surface area contributed by atoms with Crippen LogP contribution in [0.15, 0.2) is 24.3 Å². The summed E-state index contributed by atoms with van der Waals surface area (Å²) in [6.45, 7) is 3.57. The SMILES string of the molecule is CC(C)Oc1nc(Cl)nc(-c2ccc(C(F)(F)F)cc2)n1. The first-order valence-corrected chi connectivity index (χ1v) is 6.39. The van der Waals surface area contributed by atoms with Gasteiger partial charge in [0.1, 0.15) is 0 Å². The Hall–Kier alpha value is -1.89. The molecule has 0 bridgehead atoms. The van der Waals surface area contributed by atoms with Gasteiger partial charge in [-0.05, 0) is 37.6 Å². The highest BCUT2D eigenvalue weighted by molar-refractivity contribution is 6.28. The van der Waals surface area contributed by atoms with Gasteiger partial charge in [0.2, 0.25) is 5.28 Å². The van der Waals surface area contributed by atoms with Crippen LogP contribution in [0.1, 0.15) is 19.4 Å². The van der Waals surface area contributed by atoms with Crippen molar-refractivity contribution in [2.24, 2.45) is 0 Å². The lowest BCUT2D eigenvalue weighted by Gasteiger charge is -2.10. The summed E-state index contributed by atoms with van der Waals surface area (Å²) >= 11 is 5.76. The molecule has 0 saturated carbocycles. The number of ether oxygens (including phenoxy) is 1. The van der Waals surface area contributed by atoms with Gasteiger partial charge in [-0.1, -0.05) is 12.1 Å². The maximum Gasteiger partial charge on any atom is 0.416 e. The second-order valence-electron chi connectivity index (χ2n) is 4.45. The van der Waals surface area contributed by atoms with E-state index in [0.29, 0.717) is 5.56 Å². The highest BCUT2D eigenvalue weighted by Crippen LogP contribution is 2.30. The van der Waals surface area contributed by atoms with Crippen LogP contribution in [0.3, 0.4) is 0 Å². The molecule has 2 rings (SSSR count). The van der Waals surface area contributed by atoms with E-state index in [1.54, 1.807) is 13.8 Å². The Morgan fingerprint density at radius 3 is 2.19 bits per heavy atom.